The smallest absolute Gasteiger partial charge is 0.137 e. The first-order valence-corrected chi connectivity index (χ1v) is 4.17. The average Bonchev–Trinajstić information content (AvgIpc) is 2.38. The monoisotopic (exact) mass is 188 g/mol. The van der Waals surface area contributed by atoms with Gasteiger partial charge in [0.25, 0.3) is 0 Å². The van der Waals surface area contributed by atoms with E-state index in [1.165, 1.54) is 19.3 Å². The van der Waals surface area contributed by atoms with Gasteiger partial charge in [0.2, 0.25) is 0 Å². The van der Waals surface area contributed by atoms with Crippen molar-refractivity contribution in [2.75, 3.05) is 0 Å². The van der Waals surface area contributed by atoms with Crippen molar-refractivity contribution in [3.05, 3.63) is 0 Å². The first-order valence-electron chi connectivity index (χ1n) is 3.38. The molecule has 2 fully saturated rings. The van der Waals surface area contributed by atoms with Crippen LogP contribution in [0.1, 0.15) is 25.7 Å². The van der Waals surface area contributed by atoms with Crippen LogP contribution in [-0.2, 0) is 4.79 Å². The average molecular weight is 189 g/mol. The molecule has 1 atom stereocenters. The normalized spacial score (nSPS) is 44.1. The molecule has 0 saturated heterocycles. The quantitative estimate of drug-likeness (QED) is 0.454. The molecule has 1 unspecified atom stereocenters. The number of carbonyl (C=O) groups excluding carboxylic acids is 1. The molecule has 9 heavy (non-hydrogen) atoms. The molecule has 0 aromatic rings. The maximum absolute atomic E-state index is 10.5. The van der Waals surface area contributed by atoms with Gasteiger partial charge in [0.05, 0.1) is 4.32 Å². The van der Waals surface area contributed by atoms with Crippen LogP contribution in [0.3, 0.4) is 0 Å². The Kier molecular flexibility index (Phi) is 0.929. The number of aldehydes is 1. The molecule has 0 radical (unpaired) electrons. The molecule has 2 rings (SSSR count). The van der Waals surface area contributed by atoms with E-state index >= 15 is 0 Å². The predicted octanol–water partition coefficient (Wildman–Crippen LogP) is 1.89. The lowest BCUT2D eigenvalue weighted by Gasteiger charge is -2.27. The van der Waals surface area contributed by atoms with E-state index in [-0.39, 0.29) is 4.32 Å². The summed E-state index contributed by atoms with van der Waals surface area (Å²) in [6.07, 6.45) is 6.00. The van der Waals surface area contributed by atoms with Crippen LogP contribution in [0, 0.1) is 5.41 Å². The van der Waals surface area contributed by atoms with Crippen molar-refractivity contribution in [1.82, 2.24) is 0 Å². The Bertz CT molecular complexity index is 162. The van der Waals surface area contributed by atoms with Crippen molar-refractivity contribution in [1.29, 1.82) is 0 Å². The molecular formula is C7H9BrO. The minimum atomic E-state index is -0.0851. The van der Waals surface area contributed by atoms with E-state index < -0.39 is 0 Å². The SMILES string of the molecule is O=CC1(Br)CC12CCC2. The van der Waals surface area contributed by atoms with E-state index in [0.29, 0.717) is 5.41 Å². The van der Waals surface area contributed by atoms with Gasteiger partial charge >= 0.3 is 0 Å². The van der Waals surface area contributed by atoms with Gasteiger partial charge in [-0.2, -0.15) is 0 Å². The molecule has 0 heterocycles. The second kappa shape index (κ2) is 1.42. The Labute approximate surface area is 62.9 Å². The second-order valence-corrected chi connectivity index (χ2v) is 4.71. The molecule has 0 aromatic carbocycles. The second-order valence-electron chi connectivity index (χ2n) is 3.29. The molecule has 2 heteroatoms. The molecule has 50 valence electrons. The molecule has 2 aliphatic carbocycles. The van der Waals surface area contributed by atoms with Crippen LogP contribution in [0.4, 0.5) is 0 Å². The van der Waals surface area contributed by atoms with E-state index in [1.54, 1.807) is 0 Å². The molecular weight excluding hydrogens is 180 g/mol. The lowest BCUT2D eigenvalue weighted by molar-refractivity contribution is -0.108. The Balaban J connectivity index is 2.15. The maximum atomic E-state index is 10.5. The third kappa shape index (κ3) is 0.529. The van der Waals surface area contributed by atoms with Gasteiger partial charge in [-0.25, -0.2) is 0 Å². The standard InChI is InChI=1S/C7H9BrO/c8-7(5-9)4-6(7)2-1-3-6/h5H,1-4H2. The van der Waals surface area contributed by atoms with Crippen molar-refractivity contribution in [2.45, 2.75) is 30.0 Å². The molecule has 0 bridgehead atoms. The van der Waals surface area contributed by atoms with Crippen LogP contribution >= 0.6 is 15.9 Å². The molecule has 1 spiro atoms. The third-order valence-corrected chi connectivity index (χ3v) is 4.16. The van der Waals surface area contributed by atoms with Gasteiger partial charge in [0.1, 0.15) is 6.29 Å². The van der Waals surface area contributed by atoms with Crippen molar-refractivity contribution in [3.8, 4) is 0 Å². The fourth-order valence-corrected chi connectivity index (χ4v) is 2.74. The number of alkyl halides is 1. The zero-order valence-corrected chi connectivity index (χ0v) is 6.78. The zero-order valence-electron chi connectivity index (χ0n) is 5.19. The summed E-state index contributed by atoms with van der Waals surface area (Å²) in [5.41, 5.74) is 0.425. The summed E-state index contributed by atoms with van der Waals surface area (Å²) in [4.78, 5) is 10.5. The van der Waals surface area contributed by atoms with E-state index in [2.05, 4.69) is 15.9 Å². The summed E-state index contributed by atoms with van der Waals surface area (Å²) in [6, 6.07) is 0. The van der Waals surface area contributed by atoms with Crippen molar-refractivity contribution >= 4 is 22.2 Å². The van der Waals surface area contributed by atoms with Crippen LogP contribution in [0.2, 0.25) is 0 Å². The highest BCUT2D eigenvalue weighted by molar-refractivity contribution is 9.10. The van der Waals surface area contributed by atoms with E-state index in [0.717, 1.165) is 12.7 Å². The minimum Gasteiger partial charge on any atom is -0.302 e. The van der Waals surface area contributed by atoms with Crippen LogP contribution in [-0.4, -0.2) is 10.6 Å². The molecule has 2 aliphatic rings. The highest BCUT2D eigenvalue weighted by Crippen LogP contribution is 2.71. The summed E-state index contributed by atoms with van der Waals surface area (Å²) < 4.78 is -0.0851. The maximum Gasteiger partial charge on any atom is 0.137 e. The summed E-state index contributed by atoms with van der Waals surface area (Å²) >= 11 is 3.45. The Hall–Kier alpha value is 0.150. The summed E-state index contributed by atoms with van der Waals surface area (Å²) in [6.45, 7) is 0. The Morgan fingerprint density at radius 2 is 2.11 bits per heavy atom. The first kappa shape index (κ1) is 5.90. The molecule has 2 saturated carbocycles. The Morgan fingerprint density at radius 1 is 1.44 bits per heavy atom. The van der Waals surface area contributed by atoms with Gasteiger partial charge in [0.15, 0.2) is 0 Å². The van der Waals surface area contributed by atoms with Crippen molar-refractivity contribution in [3.63, 3.8) is 0 Å². The highest BCUT2D eigenvalue weighted by Gasteiger charge is 2.68. The molecule has 0 aliphatic heterocycles. The predicted molar refractivity (Wildman–Crippen MR) is 38.6 cm³/mol. The van der Waals surface area contributed by atoms with Gasteiger partial charge in [-0.05, 0) is 24.7 Å². The van der Waals surface area contributed by atoms with Crippen molar-refractivity contribution in [2.24, 2.45) is 5.41 Å². The lowest BCUT2D eigenvalue weighted by Crippen LogP contribution is -2.22. The van der Waals surface area contributed by atoms with E-state index in [9.17, 15) is 4.79 Å². The zero-order chi connectivity index (χ0) is 6.54. The van der Waals surface area contributed by atoms with Gasteiger partial charge in [0, 0.05) is 0 Å². The van der Waals surface area contributed by atoms with Gasteiger partial charge < -0.3 is 4.79 Å². The molecule has 0 aromatic heterocycles. The minimum absolute atomic E-state index is 0.0851. The van der Waals surface area contributed by atoms with Crippen LogP contribution in [0.5, 0.6) is 0 Å². The fourth-order valence-electron chi connectivity index (χ4n) is 1.81. The largest absolute Gasteiger partial charge is 0.302 e. The van der Waals surface area contributed by atoms with E-state index in [4.69, 9.17) is 0 Å². The van der Waals surface area contributed by atoms with Gasteiger partial charge in [-0.1, -0.05) is 22.4 Å². The number of rotatable bonds is 1. The fraction of sp³-hybridized carbons (Fsp3) is 0.857. The highest BCUT2D eigenvalue weighted by atomic mass is 79.9. The number of carbonyl (C=O) groups is 1. The number of hydrogen-bond acceptors (Lipinski definition) is 1. The molecule has 0 N–H and O–H groups in total. The van der Waals surface area contributed by atoms with Crippen LogP contribution in [0.25, 0.3) is 0 Å². The Morgan fingerprint density at radius 3 is 2.22 bits per heavy atom. The lowest BCUT2D eigenvalue weighted by atomic mass is 9.80. The van der Waals surface area contributed by atoms with Crippen molar-refractivity contribution < 1.29 is 4.79 Å². The first-order chi connectivity index (χ1) is 4.22. The number of hydrogen-bond donors (Lipinski definition) is 0. The summed E-state index contributed by atoms with van der Waals surface area (Å²) in [7, 11) is 0. The number of halogens is 1. The molecule has 0 amide bonds. The van der Waals surface area contributed by atoms with Crippen LogP contribution in [0.15, 0.2) is 0 Å². The summed E-state index contributed by atoms with van der Waals surface area (Å²) in [5.74, 6) is 0. The third-order valence-electron chi connectivity index (χ3n) is 2.85. The summed E-state index contributed by atoms with van der Waals surface area (Å²) in [5, 5.41) is 0. The van der Waals surface area contributed by atoms with Gasteiger partial charge in [-0.15, -0.1) is 0 Å². The topological polar surface area (TPSA) is 17.1 Å². The van der Waals surface area contributed by atoms with E-state index in [1.807, 2.05) is 0 Å². The van der Waals surface area contributed by atoms with Crippen LogP contribution < -0.4 is 0 Å². The molecule has 1 nitrogen and oxygen atoms in total. The van der Waals surface area contributed by atoms with Gasteiger partial charge in [-0.3, -0.25) is 0 Å².